The number of nitrogen functional groups attached to an aromatic ring is 1. The number of benzene rings is 1. The predicted octanol–water partition coefficient (Wildman–Crippen LogP) is 1.17. The summed E-state index contributed by atoms with van der Waals surface area (Å²) in [5.41, 5.74) is 8.67. The molecule has 1 aliphatic rings. The van der Waals surface area contributed by atoms with Gasteiger partial charge in [0.15, 0.2) is 11.7 Å². The molecule has 0 spiro atoms. The zero-order chi connectivity index (χ0) is 17.6. The van der Waals surface area contributed by atoms with Gasteiger partial charge in [0.05, 0.1) is 22.9 Å². The van der Waals surface area contributed by atoms with Crippen molar-refractivity contribution in [1.29, 1.82) is 0 Å². The molecule has 0 radical (unpaired) electrons. The van der Waals surface area contributed by atoms with E-state index in [2.05, 4.69) is 15.4 Å². The van der Waals surface area contributed by atoms with Crippen molar-refractivity contribution in [3.8, 4) is 0 Å². The highest BCUT2D eigenvalue weighted by Crippen LogP contribution is 2.28. The van der Waals surface area contributed by atoms with Gasteiger partial charge in [0.25, 0.3) is 5.70 Å². The van der Waals surface area contributed by atoms with Crippen molar-refractivity contribution in [2.24, 2.45) is 7.05 Å². The van der Waals surface area contributed by atoms with E-state index in [1.807, 2.05) is 41.9 Å². The summed E-state index contributed by atoms with van der Waals surface area (Å²) in [6.45, 7) is 0. The topological polar surface area (TPSA) is 116 Å². The van der Waals surface area contributed by atoms with Gasteiger partial charge in [-0.3, -0.25) is 10.1 Å². The Morgan fingerprint density at radius 1 is 1.40 bits per heavy atom. The fourth-order valence-corrected chi connectivity index (χ4v) is 3.20. The van der Waals surface area contributed by atoms with Crippen LogP contribution in [0.1, 0.15) is 11.7 Å². The number of nitro groups is 1. The first kappa shape index (κ1) is 15.1. The van der Waals surface area contributed by atoms with Crippen LogP contribution in [0.4, 0.5) is 11.6 Å². The summed E-state index contributed by atoms with van der Waals surface area (Å²) in [6, 6.07) is 9.06. The largest absolute Gasteiger partial charge is 0.398 e. The second kappa shape index (κ2) is 5.55. The second-order valence-electron chi connectivity index (χ2n) is 5.88. The molecule has 0 fully saturated rings. The molecule has 0 saturated heterocycles. The summed E-state index contributed by atoms with van der Waals surface area (Å²) in [5.74, 6) is 0.489. The van der Waals surface area contributed by atoms with Crippen molar-refractivity contribution in [3.63, 3.8) is 0 Å². The number of nitrogens with two attached hydrogens (primary N) is 1. The van der Waals surface area contributed by atoms with E-state index >= 15 is 0 Å². The van der Waals surface area contributed by atoms with Crippen LogP contribution in [0.2, 0.25) is 0 Å². The van der Waals surface area contributed by atoms with Gasteiger partial charge in [-0.2, -0.15) is 14.6 Å². The van der Waals surface area contributed by atoms with Crippen LogP contribution in [0.15, 0.2) is 48.6 Å². The Hall–Kier alpha value is -3.49. The molecule has 1 atom stereocenters. The molecular weight excluding hydrogens is 322 g/mol. The second-order valence-corrected chi connectivity index (χ2v) is 5.88. The smallest absolute Gasteiger partial charge is 0.287 e. The van der Waals surface area contributed by atoms with Gasteiger partial charge in [0.2, 0.25) is 11.5 Å². The lowest BCUT2D eigenvalue weighted by Gasteiger charge is -2.19. The molecular formula is C16H16N7O2+. The van der Waals surface area contributed by atoms with Crippen molar-refractivity contribution in [1.82, 2.24) is 14.8 Å². The average Bonchev–Trinajstić information content (AvgIpc) is 3.07. The molecule has 25 heavy (non-hydrogen) atoms. The average molecular weight is 338 g/mol. The van der Waals surface area contributed by atoms with Gasteiger partial charge in [0.1, 0.15) is 13.4 Å². The molecule has 1 aliphatic heterocycles. The molecule has 1 unspecified atom stereocenters. The minimum absolute atomic E-state index is 0.0469. The molecule has 1 aromatic carbocycles. The van der Waals surface area contributed by atoms with Gasteiger partial charge in [-0.25, -0.2) is 4.68 Å². The highest BCUT2D eigenvalue weighted by atomic mass is 16.6. The number of hydrogen-bond donors (Lipinski definition) is 2. The van der Waals surface area contributed by atoms with E-state index in [0.29, 0.717) is 18.1 Å². The number of hydrogen-bond acceptors (Lipinski definition) is 6. The number of nitrogens with one attached hydrogen (secondary N) is 1. The number of pyridine rings is 1. The minimum Gasteiger partial charge on any atom is -0.398 e. The maximum Gasteiger partial charge on any atom is 0.287 e. The Balaban J connectivity index is 1.79. The van der Waals surface area contributed by atoms with Gasteiger partial charge in [-0.15, -0.1) is 0 Å². The first-order valence-corrected chi connectivity index (χ1v) is 7.73. The number of aryl methyl sites for hydroxylation is 1. The van der Waals surface area contributed by atoms with Crippen molar-refractivity contribution in [2.45, 2.75) is 12.5 Å². The summed E-state index contributed by atoms with van der Waals surface area (Å²) in [7, 11) is 1.93. The molecule has 4 rings (SSSR count). The van der Waals surface area contributed by atoms with E-state index in [1.54, 1.807) is 4.68 Å². The predicted molar refractivity (Wildman–Crippen MR) is 91.0 cm³/mol. The summed E-state index contributed by atoms with van der Waals surface area (Å²) in [4.78, 5) is 15.1. The molecule has 0 saturated carbocycles. The maximum atomic E-state index is 11.4. The third kappa shape index (κ3) is 2.36. The molecule has 126 valence electrons. The molecule has 2 aromatic heterocycles. The monoisotopic (exact) mass is 338 g/mol. The van der Waals surface area contributed by atoms with Crippen LogP contribution in [-0.4, -0.2) is 19.7 Å². The SMILES string of the molecule is C[n+]1c(CC2C([N+](=O)[O-])=CNc3ncnn32)ccc2c(N)cccc21. The van der Waals surface area contributed by atoms with Crippen LogP contribution >= 0.6 is 0 Å². The maximum absolute atomic E-state index is 11.4. The Morgan fingerprint density at radius 3 is 3.04 bits per heavy atom. The number of allylic oxidation sites excluding steroid dienone is 1. The summed E-state index contributed by atoms with van der Waals surface area (Å²) < 4.78 is 3.55. The number of fused-ring (bicyclic) bond motifs is 2. The van der Waals surface area contributed by atoms with Crippen LogP contribution < -0.4 is 15.6 Å². The van der Waals surface area contributed by atoms with Gasteiger partial charge in [-0.1, -0.05) is 6.07 Å². The quantitative estimate of drug-likeness (QED) is 0.320. The van der Waals surface area contributed by atoms with Crippen LogP contribution in [0.3, 0.4) is 0 Å². The molecule has 9 nitrogen and oxygen atoms in total. The highest BCUT2D eigenvalue weighted by Gasteiger charge is 2.35. The molecule has 9 heteroatoms. The lowest BCUT2D eigenvalue weighted by molar-refractivity contribution is -0.653. The fourth-order valence-electron chi connectivity index (χ4n) is 3.20. The molecule has 0 bridgehead atoms. The normalized spacial score (nSPS) is 16.2. The summed E-state index contributed by atoms with van der Waals surface area (Å²) in [5, 5.41) is 19.3. The number of anilines is 2. The Labute approximate surface area is 142 Å². The molecule has 3 N–H and O–H groups in total. The standard InChI is InChI=1S/C16H15N7O2/c1-21-10(5-6-11-12(17)3-2-4-13(11)21)7-14-15(23(24)25)8-18-16-19-9-20-22(14)16/h2-6,8-9,14,17H,7H2,1H3,(H,18,19,20)/p+1. The number of nitrogens with zero attached hydrogens (tertiary/aromatic N) is 5. The molecule has 0 aliphatic carbocycles. The first-order chi connectivity index (χ1) is 12.1. The lowest BCUT2D eigenvalue weighted by atomic mass is 10.0. The highest BCUT2D eigenvalue weighted by molar-refractivity contribution is 5.88. The van der Waals surface area contributed by atoms with Crippen molar-refractivity contribution in [2.75, 3.05) is 11.1 Å². The Bertz CT molecular complexity index is 1020. The minimum atomic E-state index is -0.543. The van der Waals surface area contributed by atoms with Crippen LogP contribution in [-0.2, 0) is 13.5 Å². The van der Waals surface area contributed by atoms with Crippen molar-refractivity contribution >= 4 is 22.5 Å². The number of aromatic nitrogens is 4. The van der Waals surface area contributed by atoms with E-state index in [4.69, 9.17) is 5.73 Å². The third-order valence-electron chi connectivity index (χ3n) is 4.52. The van der Waals surface area contributed by atoms with Crippen molar-refractivity contribution < 1.29 is 9.49 Å². The van der Waals surface area contributed by atoms with E-state index in [-0.39, 0.29) is 10.6 Å². The van der Waals surface area contributed by atoms with Crippen LogP contribution in [0, 0.1) is 10.1 Å². The molecule has 3 heterocycles. The summed E-state index contributed by atoms with van der Waals surface area (Å²) >= 11 is 0. The van der Waals surface area contributed by atoms with E-state index < -0.39 is 6.04 Å². The van der Waals surface area contributed by atoms with Gasteiger partial charge in [-0.05, 0) is 12.1 Å². The Morgan fingerprint density at radius 2 is 2.24 bits per heavy atom. The van der Waals surface area contributed by atoms with E-state index in [1.165, 1.54) is 12.5 Å². The number of rotatable bonds is 3. The summed E-state index contributed by atoms with van der Waals surface area (Å²) in [6.07, 6.45) is 3.17. The van der Waals surface area contributed by atoms with Gasteiger partial charge < -0.3 is 11.1 Å². The molecule has 0 amide bonds. The zero-order valence-corrected chi connectivity index (χ0v) is 13.5. The van der Waals surface area contributed by atoms with Crippen molar-refractivity contribution in [3.05, 3.63) is 64.4 Å². The lowest BCUT2D eigenvalue weighted by Crippen LogP contribution is -2.37. The van der Waals surface area contributed by atoms with Gasteiger partial charge >= 0.3 is 0 Å². The zero-order valence-electron chi connectivity index (χ0n) is 13.5. The van der Waals surface area contributed by atoms with Crippen LogP contribution in [0.25, 0.3) is 10.9 Å². The molecule has 3 aromatic rings. The first-order valence-electron chi connectivity index (χ1n) is 7.73. The van der Waals surface area contributed by atoms with Crippen LogP contribution in [0.5, 0.6) is 0 Å². The van der Waals surface area contributed by atoms with E-state index in [0.717, 1.165) is 16.6 Å². The third-order valence-corrected chi connectivity index (χ3v) is 4.52. The Kier molecular flexibility index (Phi) is 3.34. The van der Waals surface area contributed by atoms with Gasteiger partial charge in [0, 0.05) is 17.8 Å². The fraction of sp³-hybridized carbons (Fsp3) is 0.188. The van der Waals surface area contributed by atoms with E-state index in [9.17, 15) is 10.1 Å².